The Kier molecular flexibility index (Phi) is 4.77. The van der Waals surface area contributed by atoms with E-state index < -0.39 is 10.8 Å². The number of benzene rings is 1. The van der Waals surface area contributed by atoms with Gasteiger partial charge in [-0.05, 0) is 39.3 Å². The summed E-state index contributed by atoms with van der Waals surface area (Å²) in [4.78, 5) is 1.71. The number of allylic oxidation sites excluding steroid dienone is 2. The van der Waals surface area contributed by atoms with Crippen LogP contribution in [-0.2, 0) is 20.3 Å². The van der Waals surface area contributed by atoms with Crippen molar-refractivity contribution in [2.24, 2.45) is 0 Å². The first kappa shape index (κ1) is 14.3. The topological polar surface area (TPSA) is 35.5 Å². The molecule has 1 aliphatic rings. The molecule has 0 N–H and O–H groups in total. The third-order valence-electron chi connectivity index (χ3n) is 3.12. The Morgan fingerprint density at radius 1 is 1.32 bits per heavy atom. The summed E-state index contributed by atoms with van der Waals surface area (Å²) in [5.74, 6) is 0.739. The molecule has 104 valence electrons. The molecule has 1 aromatic rings. The van der Waals surface area contributed by atoms with Crippen molar-refractivity contribution in [1.82, 2.24) is 0 Å². The molecule has 2 rings (SSSR count). The molecule has 1 heterocycles. The maximum absolute atomic E-state index is 12.5. The average molecular weight is 280 g/mol. The summed E-state index contributed by atoms with van der Waals surface area (Å²) in [5, 5.41) is 0. The second-order valence-corrected chi connectivity index (χ2v) is 6.10. The van der Waals surface area contributed by atoms with E-state index in [0.29, 0.717) is 6.61 Å². The molecule has 0 saturated heterocycles. The third-order valence-corrected chi connectivity index (χ3v) is 4.76. The first-order valence-electron chi connectivity index (χ1n) is 6.58. The minimum Gasteiger partial charge on any atom is -0.469 e. The van der Waals surface area contributed by atoms with Gasteiger partial charge in [-0.2, -0.15) is 0 Å². The SMILES string of the molecule is CCO[C@H]1CCC(S(=O)c2ccc(C)cc2)=C(C)O1. The van der Waals surface area contributed by atoms with Gasteiger partial charge in [-0.3, -0.25) is 0 Å². The lowest BCUT2D eigenvalue weighted by atomic mass is 10.2. The van der Waals surface area contributed by atoms with E-state index in [9.17, 15) is 4.21 Å². The molecule has 2 atom stereocenters. The summed E-state index contributed by atoms with van der Waals surface area (Å²) in [7, 11) is -1.13. The van der Waals surface area contributed by atoms with E-state index in [1.54, 1.807) is 0 Å². The predicted octanol–water partition coefficient (Wildman–Crippen LogP) is 3.51. The smallest absolute Gasteiger partial charge is 0.199 e. The van der Waals surface area contributed by atoms with Gasteiger partial charge in [0.25, 0.3) is 0 Å². The van der Waals surface area contributed by atoms with E-state index in [-0.39, 0.29) is 6.29 Å². The van der Waals surface area contributed by atoms with Gasteiger partial charge in [-0.15, -0.1) is 0 Å². The van der Waals surface area contributed by atoms with Crippen molar-refractivity contribution in [1.29, 1.82) is 0 Å². The van der Waals surface area contributed by atoms with E-state index >= 15 is 0 Å². The highest BCUT2D eigenvalue weighted by Gasteiger charge is 2.24. The fourth-order valence-electron chi connectivity index (χ4n) is 2.08. The fourth-order valence-corrected chi connectivity index (χ4v) is 3.36. The van der Waals surface area contributed by atoms with E-state index in [1.165, 1.54) is 5.56 Å². The summed E-state index contributed by atoms with van der Waals surface area (Å²) in [6.45, 7) is 6.47. The molecule has 3 nitrogen and oxygen atoms in total. The highest BCUT2D eigenvalue weighted by Crippen LogP contribution is 2.29. The van der Waals surface area contributed by atoms with Crippen LogP contribution in [0.4, 0.5) is 0 Å². The second kappa shape index (κ2) is 6.35. The number of rotatable bonds is 4. The van der Waals surface area contributed by atoms with E-state index in [0.717, 1.165) is 28.4 Å². The summed E-state index contributed by atoms with van der Waals surface area (Å²) >= 11 is 0. The summed E-state index contributed by atoms with van der Waals surface area (Å²) < 4.78 is 23.6. The van der Waals surface area contributed by atoms with Gasteiger partial charge in [0.15, 0.2) is 6.29 Å². The Morgan fingerprint density at radius 2 is 2.00 bits per heavy atom. The van der Waals surface area contributed by atoms with Crippen LogP contribution in [0.2, 0.25) is 0 Å². The van der Waals surface area contributed by atoms with E-state index in [4.69, 9.17) is 9.47 Å². The van der Waals surface area contributed by atoms with Crippen LogP contribution in [0, 0.1) is 6.92 Å². The van der Waals surface area contributed by atoms with Crippen LogP contribution in [-0.4, -0.2) is 17.1 Å². The van der Waals surface area contributed by atoms with Crippen molar-refractivity contribution >= 4 is 10.8 Å². The molecule has 0 bridgehead atoms. The summed E-state index contributed by atoms with van der Waals surface area (Å²) in [6, 6.07) is 7.80. The molecule has 1 unspecified atom stereocenters. The number of hydrogen-bond donors (Lipinski definition) is 0. The highest BCUT2D eigenvalue weighted by atomic mass is 32.2. The van der Waals surface area contributed by atoms with Crippen LogP contribution in [0.25, 0.3) is 0 Å². The van der Waals surface area contributed by atoms with Gasteiger partial charge in [0.1, 0.15) is 5.76 Å². The van der Waals surface area contributed by atoms with Gasteiger partial charge in [-0.25, -0.2) is 4.21 Å². The Bertz CT molecular complexity index is 491. The quantitative estimate of drug-likeness (QED) is 0.846. The van der Waals surface area contributed by atoms with E-state index in [1.807, 2.05) is 45.0 Å². The Hall–Kier alpha value is -1.13. The van der Waals surface area contributed by atoms with Gasteiger partial charge in [0, 0.05) is 17.9 Å². The molecule has 0 aliphatic carbocycles. The highest BCUT2D eigenvalue weighted by molar-refractivity contribution is 7.89. The Balaban J connectivity index is 2.15. The van der Waals surface area contributed by atoms with Crippen LogP contribution in [0.3, 0.4) is 0 Å². The lowest BCUT2D eigenvalue weighted by Crippen LogP contribution is -2.22. The van der Waals surface area contributed by atoms with Gasteiger partial charge < -0.3 is 9.47 Å². The molecule has 0 spiro atoms. The van der Waals surface area contributed by atoms with Crippen LogP contribution < -0.4 is 0 Å². The van der Waals surface area contributed by atoms with Crippen molar-refractivity contribution < 1.29 is 13.7 Å². The minimum absolute atomic E-state index is 0.191. The lowest BCUT2D eigenvalue weighted by Gasteiger charge is -2.26. The van der Waals surface area contributed by atoms with Crippen molar-refractivity contribution in [3.8, 4) is 0 Å². The molecule has 19 heavy (non-hydrogen) atoms. The molecule has 0 amide bonds. The fraction of sp³-hybridized carbons (Fsp3) is 0.467. The van der Waals surface area contributed by atoms with Crippen LogP contribution in [0.1, 0.15) is 32.3 Å². The molecule has 0 saturated carbocycles. The van der Waals surface area contributed by atoms with Gasteiger partial charge >= 0.3 is 0 Å². The largest absolute Gasteiger partial charge is 0.469 e. The van der Waals surface area contributed by atoms with E-state index in [2.05, 4.69) is 0 Å². The Labute approximate surface area is 117 Å². The molecular weight excluding hydrogens is 260 g/mol. The van der Waals surface area contributed by atoms with Gasteiger partial charge in [-0.1, -0.05) is 17.7 Å². The third kappa shape index (κ3) is 3.45. The number of hydrogen-bond acceptors (Lipinski definition) is 3. The first-order valence-corrected chi connectivity index (χ1v) is 7.73. The minimum atomic E-state index is -1.13. The molecular formula is C15H20O3S. The maximum Gasteiger partial charge on any atom is 0.199 e. The Morgan fingerprint density at radius 3 is 2.58 bits per heavy atom. The monoisotopic (exact) mass is 280 g/mol. The molecule has 0 fully saturated rings. The van der Waals surface area contributed by atoms with Crippen molar-refractivity contribution in [2.75, 3.05) is 6.61 Å². The molecule has 0 radical (unpaired) electrons. The molecule has 4 heteroatoms. The molecule has 0 aromatic heterocycles. The van der Waals surface area contributed by atoms with Crippen LogP contribution >= 0.6 is 0 Å². The van der Waals surface area contributed by atoms with Crippen LogP contribution in [0.5, 0.6) is 0 Å². The number of aryl methyl sites for hydroxylation is 1. The lowest BCUT2D eigenvalue weighted by molar-refractivity contribution is -0.122. The van der Waals surface area contributed by atoms with Crippen molar-refractivity contribution in [2.45, 2.75) is 44.8 Å². The van der Waals surface area contributed by atoms with Gasteiger partial charge in [0.2, 0.25) is 0 Å². The second-order valence-electron chi connectivity index (χ2n) is 4.60. The average Bonchev–Trinajstić information content (AvgIpc) is 2.39. The first-order chi connectivity index (χ1) is 9.11. The van der Waals surface area contributed by atoms with Crippen molar-refractivity contribution in [3.63, 3.8) is 0 Å². The molecule has 1 aromatic carbocycles. The van der Waals surface area contributed by atoms with Gasteiger partial charge in [0.05, 0.1) is 15.7 Å². The zero-order valence-corrected chi connectivity index (χ0v) is 12.5. The predicted molar refractivity (Wildman–Crippen MR) is 76.0 cm³/mol. The normalized spacial score (nSPS) is 21.1. The summed E-state index contributed by atoms with van der Waals surface area (Å²) in [5.41, 5.74) is 1.17. The standard InChI is InChI=1S/C15H20O3S/c1-4-17-15-10-9-14(12(3)18-15)19(16)13-7-5-11(2)6-8-13/h5-8,15H,4,9-10H2,1-3H3/t15-,19?/m1/s1. The maximum atomic E-state index is 12.5. The zero-order chi connectivity index (χ0) is 13.8. The molecule has 1 aliphatic heterocycles. The zero-order valence-electron chi connectivity index (χ0n) is 11.6. The van der Waals surface area contributed by atoms with Crippen molar-refractivity contribution in [3.05, 3.63) is 40.5 Å². The van der Waals surface area contributed by atoms with Crippen LogP contribution in [0.15, 0.2) is 39.8 Å². The number of ether oxygens (including phenoxy) is 2. The summed E-state index contributed by atoms with van der Waals surface area (Å²) in [6.07, 6.45) is 1.33.